The predicted octanol–water partition coefficient (Wildman–Crippen LogP) is 2.38. The number of hydrogen-bond donors (Lipinski definition) is 1. The molecule has 1 heterocycles. The van der Waals surface area contributed by atoms with Crippen molar-refractivity contribution in [2.45, 2.75) is 33.2 Å². The van der Waals surface area contributed by atoms with E-state index in [2.05, 4.69) is 0 Å². The van der Waals surface area contributed by atoms with Crippen LogP contribution >= 0.6 is 11.3 Å². The van der Waals surface area contributed by atoms with Crippen molar-refractivity contribution in [1.29, 1.82) is 0 Å². The Morgan fingerprint density at radius 2 is 2.18 bits per heavy atom. The first kappa shape index (κ1) is 13.7. The average molecular weight is 255 g/mol. The van der Waals surface area contributed by atoms with Crippen molar-refractivity contribution in [3.05, 3.63) is 21.9 Å². The highest BCUT2D eigenvalue weighted by Crippen LogP contribution is 2.19. The number of hydrogen-bond acceptors (Lipinski definition) is 3. The van der Waals surface area contributed by atoms with Crippen molar-refractivity contribution < 1.29 is 14.7 Å². The summed E-state index contributed by atoms with van der Waals surface area (Å²) in [6, 6.07) is 1.80. The SMILES string of the molecule is CCC(C)N(CC(=O)O)C(=O)c1sccc1C. The van der Waals surface area contributed by atoms with Crippen molar-refractivity contribution in [2.75, 3.05) is 6.54 Å². The molecule has 1 unspecified atom stereocenters. The number of carboxylic acids is 1. The van der Waals surface area contributed by atoms with E-state index in [0.29, 0.717) is 4.88 Å². The number of thiophene rings is 1. The van der Waals surface area contributed by atoms with E-state index >= 15 is 0 Å². The first-order valence-electron chi connectivity index (χ1n) is 5.54. The zero-order valence-corrected chi connectivity index (χ0v) is 11.1. The Bertz CT molecular complexity index is 414. The van der Waals surface area contributed by atoms with Gasteiger partial charge in [-0.1, -0.05) is 6.92 Å². The smallest absolute Gasteiger partial charge is 0.323 e. The molecule has 1 rings (SSSR count). The number of carbonyl (C=O) groups is 2. The zero-order chi connectivity index (χ0) is 13.0. The van der Waals surface area contributed by atoms with Crippen molar-refractivity contribution >= 4 is 23.2 Å². The number of carbonyl (C=O) groups excluding carboxylic acids is 1. The van der Waals surface area contributed by atoms with Crippen LogP contribution in [-0.4, -0.2) is 34.5 Å². The second-order valence-corrected chi connectivity index (χ2v) is 4.93. The maximum atomic E-state index is 12.2. The minimum Gasteiger partial charge on any atom is -0.480 e. The third kappa shape index (κ3) is 3.30. The lowest BCUT2D eigenvalue weighted by molar-refractivity contribution is -0.138. The molecule has 0 aliphatic rings. The molecule has 0 saturated carbocycles. The summed E-state index contributed by atoms with van der Waals surface area (Å²) in [6.45, 7) is 5.42. The third-order valence-electron chi connectivity index (χ3n) is 2.75. The topological polar surface area (TPSA) is 57.6 Å². The lowest BCUT2D eigenvalue weighted by Gasteiger charge is -2.26. The summed E-state index contributed by atoms with van der Waals surface area (Å²) < 4.78 is 0. The molecule has 0 radical (unpaired) electrons. The minimum absolute atomic E-state index is 0.0694. The molecule has 17 heavy (non-hydrogen) atoms. The van der Waals surface area contributed by atoms with Gasteiger partial charge in [0.2, 0.25) is 0 Å². The maximum absolute atomic E-state index is 12.2. The number of carboxylic acid groups (broad SMARTS) is 1. The number of amides is 1. The molecule has 4 nitrogen and oxygen atoms in total. The molecule has 5 heteroatoms. The molecule has 1 atom stereocenters. The Hall–Kier alpha value is -1.36. The van der Waals surface area contributed by atoms with Gasteiger partial charge in [-0.3, -0.25) is 9.59 Å². The van der Waals surface area contributed by atoms with Crippen LogP contribution < -0.4 is 0 Å². The maximum Gasteiger partial charge on any atom is 0.323 e. The highest BCUT2D eigenvalue weighted by Gasteiger charge is 2.24. The van der Waals surface area contributed by atoms with Crippen molar-refractivity contribution in [3.8, 4) is 0 Å². The molecule has 0 saturated heterocycles. The Morgan fingerprint density at radius 3 is 2.59 bits per heavy atom. The van der Waals surface area contributed by atoms with Gasteiger partial charge in [-0.15, -0.1) is 11.3 Å². The normalized spacial score (nSPS) is 12.2. The van der Waals surface area contributed by atoms with E-state index in [1.807, 2.05) is 32.2 Å². The molecule has 94 valence electrons. The van der Waals surface area contributed by atoms with Crippen molar-refractivity contribution in [1.82, 2.24) is 4.90 Å². The molecule has 1 N–H and O–H groups in total. The van der Waals surface area contributed by atoms with Gasteiger partial charge in [0.15, 0.2) is 0 Å². The van der Waals surface area contributed by atoms with Crippen LogP contribution in [0.3, 0.4) is 0 Å². The lowest BCUT2D eigenvalue weighted by atomic mass is 10.2. The van der Waals surface area contributed by atoms with Crippen molar-refractivity contribution in [2.24, 2.45) is 0 Å². The second-order valence-electron chi connectivity index (χ2n) is 4.02. The molecule has 1 aromatic rings. The van der Waals surface area contributed by atoms with Gasteiger partial charge in [0, 0.05) is 6.04 Å². The summed E-state index contributed by atoms with van der Waals surface area (Å²) in [7, 11) is 0. The fraction of sp³-hybridized carbons (Fsp3) is 0.500. The van der Waals surface area contributed by atoms with Crippen LogP contribution in [0.25, 0.3) is 0 Å². The van der Waals surface area contributed by atoms with E-state index in [-0.39, 0.29) is 18.5 Å². The molecule has 1 amide bonds. The van der Waals surface area contributed by atoms with Gasteiger partial charge in [0.25, 0.3) is 5.91 Å². The molecule has 0 aliphatic carbocycles. The highest BCUT2D eigenvalue weighted by atomic mass is 32.1. The Balaban J connectivity index is 2.94. The standard InChI is InChI=1S/C12H17NO3S/c1-4-9(3)13(7-10(14)15)12(16)11-8(2)5-6-17-11/h5-6,9H,4,7H2,1-3H3,(H,14,15). The Kier molecular flexibility index (Phi) is 4.69. The van der Waals surface area contributed by atoms with E-state index in [1.54, 1.807) is 0 Å². The number of rotatable bonds is 5. The number of aliphatic carboxylic acids is 1. The quantitative estimate of drug-likeness (QED) is 0.878. The fourth-order valence-electron chi connectivity index (χ4n) is 1.52. The van der Waals surface area contributed by atoms with Crippen molar-refractivity contribution in [3.63, 3.8) is 0 Å². The van der Waals surface area contributed by atoms with Crippen LogP contribution in [0, 0.1) is 6.92 Å². The van der Waals surface area contributed by atoms with E-state index in [4.69, 9.17) is 5.11 Å². The molecule has 0 aromatic carbocycles. The van der Waals surface area contributed by atoms with Gasteiger partial charge < -0.3 is 10.0 Å². The van der Waals surface area contributed by atoms with Gasteiger partial charge >= 0.3 is 5.97 Å². The average Bonchev–Trinajstić information content (AvgIpc) is 2.70. The van der Waals surface area contributed by atoms with Crippen LogP contribution in [0.4, 0.5) is 0 Å². The third-order valence-corrected chi connectivity index (χ3v) is 3.75. The minimum atomic E-state index is -0.979. The summed E-state index contributed by atoms with van der Waals surface area (Å²) in [4.78, 5) is 25.1. The van der Waals surface area contributed by atoms with Crippen LogP contribution in [0.5, 0.6) is 0 Å². The Labute approximate surface area is 105 Å². The fourth-order valence-corrected chi connectivity index (χ4v) is 2.40. The van der Waals surface area contributed by atoms with Gasteiger partial charge in [0.1, 0.15) is 6.54 Å². The van der Waals surface area contributed by atoms with Gasteiger partial charge in [0.05, 0.1) is 4.88 Å². The first-order chi connectivity index (χ1) is 7.97. The molecular formula is C12H17NO3S. The van der Waals surface area contributed by atoms with Crippen LogP contribution in [0.15, 0.2) is 11.4 Å². The summed E-state index contributed by atoms with van der Waals surface area (Å²) in [5.41, 5.74) is 0.902. The van der Waals surface area contributed by atoms with Gasteiger partial charge in [-0.25, -0.2) is 0 Å². The molecule has 0 fully saturated rings. The van der Waals surface area contributed by atoms with Gasteiger partial charge in [-0.05, 0) is 37.3 Å². The predicted molar refractivity (Wildman–Crippen MR) is 67.5 cm³/mol. The Morgan fingerprint density at radius 1 is 1.53 bits per heavy atom. The largest absolute Gasteiger partial charge is 0.480 e. The zero-order valence-electron chi connectivity index (χ0n) is 10.3. The van der Waals surface area contributed by atoms with E-state index in [1.165, 1.54) is 16.2 Å². The molecule has 0 spiro atoms. The van der Waals surface area contributed by atoms with Crippen LogP contribution in [0.2, 0.25) is 0 Å². The highest BCUT2D eigenvalue weighted by molar-refractivity contribution is 7.12. The van der Waals surface area contributed by atoms with E-state index < -0.39 is 5.97 Å². The summed E-state index contributed by atoms with van der Waals surface area (Å²) in [5.74, 6) is -1.16. The molecule has 0 bridgehead atoms. The van der Waals surface area contributed by atoms with E-state index in [9.17, 15) is 9.59 Å². The van der Waals surface area contributed by atoms with Crippen LogP contribution in [0.1, 0.15) is 35.5 Å². The lowest BCUT2D eigenvalue weighted by Crippen LogP contribution is -2.41. The number of nitrogens with zero attached hydrogens (tertiary/aromatic N) is 1. The molecular weight excluding hydrogens is 238 g/mol. The molecule has 1 aromatic heterocycles. The summed E-state index contributed by atoms with van der Waals surface area (Å²) in [5, 5.41) is 10.7. The van der Waals surface area contributed by atoms with Crippen LogP contribution in [-0.2, 0) is 4.79 Å². The van der Waals surface area contributed by atoms with Gasteiger partial charge in [-0.2, -0.15) is 0 Å². The van der Waals surface area contributed by atoms with E-state index in [0.717, 1.165) is 12.0 Å². The molecule has 0 aliphatic heterocycles. The number of aryl methyl sites for hydroxylation is 1. The second kappa shape index (κ2) is 5.82. The summed E-state index contributed by atoms with van der Waals surface area (Å²) in [6.07, 6.45) is 0.740. The summed E-state index contributed by atoms with van der Waals surface area (Å²) >= 11 is 1.36. The monoisotopic (exact) mass is 255 g/mol. The first-order valence-corrected chi connectivity index (χ1v) is 6.42.